The van der Waals surface area contributed by atoms with Crippen LogP contribution in [-0.4, -0.2) is 4.98 Å². The van der Waals surface area contributed by atoms with E-state index in [0.717, 1.165) is 0 Å². The van der Waals surface area contributed by atoms with Gasteiger partial charge in [0.2, 0.25) is 0 Å². The molecule has 0 radical (unpaired) electrons. The summed E-state index contributed by atoms with van der Waals surface area (Å²) in [5.74, 6) is 0. The van der Waals surface area contributed by atoms with Gasteiger partial charge in [0.15, 0.2) is 0 Å². The molecule has 2 nitrogen and oxygen atoms in total. The molecule has 90 valence electrons. The summed E-state index contributed by atoms with van der Waals surface area (Å²) < 4.78 is 61.8. The van der Waals surface area contributed by atoms with Gasteiger partial charge in [0.05, 0.1) is 11.3 Å². The molecule has 1 aromatic heterocycles. The van der Waals surface area contributed by atoms with Crippen LogP contribution in [0, 0.1) is 0 Å². The summed E-state index contributed by atoms with van der Waals surface area (Å²) in [5, 5.41) is -0.877. The van der Waals surface area contributed by atoms with E-state index in [0.29, 0.717) is 0 Å². The molecule has 0 fully saturated rings. The van der Waals surface area contributed by atoms with Crippen LogP contribution in [0.2, 0.25) is 5.15 Å². The summed E-state index contributed by atoms with van der Waals surface area (Å²) >= 11 is 5.24. The summed E-state index contributed by atoms with van der Waals surface area (Å²) in [6, 6.07) is 0.280. The summed E-state index contributed by atoms with van der Waals surface area (Å²) in [6.07, 6.45) is -7.90. The summed E-state index contributed by atoms with van der Waals surface area (Å²) in [4.78, 5) is 3.22. The number of hydrogen-bond donors (Lipinski definition) is 1. The van der Waals surface area contributed by atoms with Gasteiger partial charge in [0, 0.05) is 12.1 Å². The van der Waals surface area contributed by atoms with Crippen LogP contribution < -0.4 is 5.73 Å². The topological polar surface area (TPSA) is 38.9 Å². The minimum Gasteiger partial charge on any atom is -0.325 e. The molecule has 8 heteroatoms. The lowest BCUT2D eigenvalue weighted by Crippen LogP contribution is -2.12. The van der Waals surface area contributed by atoms with Gasteiger partial charge in [-0.2, -0.15) is 13.2 Å². The molecule has 1 aromatic rings. The van der Waals surface area contributed by atoms with E-state index < -0.39 is 35.4 Å². The highest BCUT2D eigenvalue weighted by molar-refractivity contribution is 6.30. The second kappa shape index (κ2) is 4.50. The van der Waals surface area contributed by atoms with Crippen molar-refractivity contribution in [3.63, 3.8) is 0 Å². The van der Waals surface area contributed by atoms with Crippen molar-refractivity contribution in [2.24, 2.45) is 5.73 Å². The Bertz CT molecular complexity index is 391. The molecule has 0 aliphatic carbocycles. The minimum atomic E-state index is -4.82. The predicted molar refractivity (Wildman–Crippen MR) is 47.1 cm³/mol. The first kappa shape index (κ1) is 13.1. The first-order valence-electron chi connectivity index (χ1n) is 4.02. The number of aromatic nitrogens is 1. The molecule has 0 bridgehead atoms. The second-order valence-electron chi connectivity index (χ2n) is 2.87. The number of halogens is 6. The molecule has 0 spiro atoms. The first-order chi connectivity index (χ1) is 7.27. The molecule has 0 saturated heterocycles. The Labute approximate surface area is 92.2 Å². The Balaban J connectivity index is 3.39. The lowest BCUT2D eigenvalue weighted by Gasteiger charge is -2.13. The van der Waals surface area contributed by atoms with Gasteiger partial charge < -0.3 is 5.73 Å². The fourth-order valence-corrected chi connectivity index (χ4v) is 1.36. The van der Waals surface area contributed by atoms with Gasteiger partial charge in [-0.15, -0.1) is 0 Å². The van der Waals surface area contributed by atoms with Crippen LogP contribution in [0.25, 0.3) is 0 Å². The Morgan fingerprint density at radius 3 is 2.31 bits per heavy atom. The average molecular weight is 261 g/mol. The number of hydrogen-bond acceptors (Lipinski definition) is 2. The highest BCUT2D eigenvalue weighted by atomic mass is 35.5. The lowest BCUT2D eigenvalue weighted by molar-refractivity contribution is -0.137. The molecule has 0 aromatic carbocycles. The second-order valence-corrected chi connectivity index (χ2v) is 3.22. The third-order valence-corrected chi connectivity index (χ3v) is 2.11. The van der Waals surface area contributed by atoms with Gasteiger partial charge >= 0.3 is 6.18 Å². The lowest BCUT2D eigenvalue weighted by atomic mass is 10.1. The molecule has 0 amide bonds. The molecule has 0 unspecified atom stereocenters. The van der Waals surface area contributed by atoms with Gasteiger partial charge in [-0.05, 0) is 6.07 Å². The largest absolute Gasteiger partial charge is 0.419 e. The van der Waals surface area contributed by atoms with E-state index in [1.807, 2.05) is 0 Å². The van der Waals surface area contributed by atoms with E-state index in [1.54, 1.807) is 0 Å². The summed E-state index contributed by atoms with van der Waals surface area (Å²) in [7, 11) is 0. The fraction of sp³-hybridized carbons (Fsp3) is 0.375. The molecule has 0 aliphatic rings. The van der Waals surface area contributed by atoms with Crippen molar-refractivity contribution in [3.8, 4) is 0 Å². The summed E-state index contributed by atoms with van der Waals surface area (Å²) in [5.41, 5.74) is 2.51. The van der Waals surface area contributed by atoms with Gasteiger partial charge in [-0.25, -0.2) is 13.8 Å². The maximum Gasteiger partial charge on any atom is 0.419 e. The third kappa shape index (κ3) is 2.59. The van der Waals surface area contributed by atoms with Crippen molar-refractivity contribution in [3.05, 3.63) is 28.0 Å². The smallest absolute Gasteiger partial charge is 0.325 e. The van der Waals surface area contributed by atoms with Crippen LogP contribution >= 0.6 is 11.6 Å². The maximum absolute atomic E-state index is 12.4. The van der Waals surface area contributed by atoms with Crippen LogP contribution in [0.1, 0.15) is 23.2 Å². The predicted octanol–water partition coefficient (Wildman–Crippen LogP) is 3.15. The number of alkyl halides is 5. The van der Waals surface area contributed by atoms with Crippen LogP contribution in [-0.2, 0) is 12.7 Å². The number of nitrogens with two attached hydrogens (primary N) is 1. The number of rotatable bonds is 2. The molecule has 1 heterocycles. The van der Waals surface area contributed by atoms with Crippen LogP contribution in [0.3, 0.4) is 0 Å². The molecule has 0 saturated carbocycles. The van der Waals surface area contributed by atoms with Crippen molar-refractivity contribution in [1.29, 1.82) is 0 Å². The fourth-order valence-electron chi connectivity index (χ4n) is 1.09. The zero-order chi connectivity index (χ0) is 12.5. The van der Waals surface area contributed by atoms with E-state index in [1.165, 1.54) is 0 Å². The van der Waals surface area contributed by atoms with Crippen LogP contribution in [0.15, 0.2) is 6.07 Å². The normalized spacial score (nSPS) is 12.2. The average Bonchev–Trinajstić information content (AvgIpc) is 2.14. The van der Waals surface area contributed by atoms with Gasteiger partial charge in [0.1, 0.15) is 5.15 Å². The number of pyridine rings is 1. The van der Waals surface area contributed by atoms with Crippen molar-refractivity contribution >= 4 is 11.6 Å². The van der Waals surface area contributed by atoms with E-state index in [4.69, 9.17) is 17.3 Å². The molecule has 16 heavy (non-hydrogen) atoms. The number of nitrogens with zero attached hydrogens (tertiary/aromatic N) is 1. The quantitative estimate of drug-likeness (QED) is 0.655. The molecule has 1 rings (SSSR count). The third-order valence-electron chi connectivity index (χ3n) is 1.82. The van der Waals surface area contributed by atoms with Crippen molar-refractivity contribution in [2.45, 2.75) is 19.1 Å². The van der Waals surface area contributed by atoms with Crippen molar-refractivity contribution in [2.75, 3.05) is 0 Å². The summed E-state index contributed by atoms with van der Waals surface area (Å²) in [6.45, 7) is -0.405. The monoisotopic (exact) mass is 260 g/mol. The Morgan fingerprint density at radius 2 is 1.94 bits per heavy atom. The van der Waals surface area contributed by atoms with Gasteiger partial charge in [-0.3, -0.25) is 0 Å². The molecule has 2 N–H and O–H groups in total. The van der Waals surface area contributed by atoms with E-state index >= 15 is 0 Å². The molecule has 0 atom stereocenters. The molecule has 0 aliphatic heterocycles. The van der Waals surface area contributed by atoms with E-state index in [9.17, 15) is 22.0 Å². The highest BCUT2D eigenvalue weighted by Gasteiger charge is 2.35. The van der Waals surface area contributed by atoms with Crippen LogP contribution in [0.4, 0.5) is 22.0 Å². The zero-order valence-corrected chi connectivity index (χ0v) is 8.41. The van der Waals surface area contributed by atoms with E-state index in [-0.39, 0.29) is 11.8 Å². The van der Waals surface area contributed by atoms with Crippen molar-refractivity contribution in [1.82, 2.24) is 4.98 Å². The van der Waals surface area contributed by atoms with Crippen molar-refractivity contribution < 1.29 is 22.0 Å². The Kier molecular flexibility index (Phi) is 3.69. The zero-order valence-electron chi connectivity index (χ0n) is 7.65. The van der Waals surface area contributed by atoms with E-state index in [2.05, 4.69) is 4.98 Å². The molecular weight excluding hydrogens is 255 g/mol. The van der Waals surface area contributed by atoms with Crippen LogP contribution in [0.5, 0.6) is 0 Å². The SMILES string of the molecule is NCc1nc(Cl)c(C(F)(F)F)cc1C(F)F. The molecular formula is C8H6ClF5N2. The first-order valence-corrected chi connectivity index (χ1v) is 4.40. The van der Waals surface area contributed by atoms with Gasteiger partial charge in [-0.1, -0.05) is 11.6 Å². The minimum absolute atomic E-state index is 0.280. The maximum atomic E-state index is 12.4. The standard InChI is InChI=1S/C8H6ClF5N2/c9-6-4(8(12,13)14)1-3(7(10)11)5(2-15)16-6/h1,7H,2,15H2. The Hall–Kier alpha value is -0.950. The highest BCUT2D eigenvalue weighted by Crippen LogP contribution is 2.36. The van der Waals surface area contributed by atoms with Gasteiger partial charge in [0.25, 0.3) is 6.43 Å². The Morgan fingerprint density at radius 1 is 1.38 bits per heavy atom.